The summed E-state index contributed by atoms with van der Waals surface area (Å²) in [6, 6.07) is 11.8. The Bertz CT molecular complexity index is 803. The van der Waals surface area contributed by atoms with Crippen LogP contribution in [-0.2, 0) is 0 Å². The van der Waals surface area contributed by atoms with E-state index in [4.69, 9.17) is 9.40 Å². The lowest BCUT2D eigenvalue weighted by molar-refractivity contribution is 0.0702. The Morgan fingerprint density at radius 3 is 2.95 bits per heavy atom. The molecule has 1 aliphatic rings. The molecule has 1 saturated heterocycles. The van der Waals surface area contributed by atoms with Crippen LogP contribution >= 0.6 is 11.3 Å². The highest BCUT2D eigenvalue weighted by atomic mass is 32.1. The molecule has 1 aliphatic heterocycles. The zero-order valence-corrected chi connectivity index (χ0v) is 13.1. The van der Waals surface area contributed by atoms with Crippen molar-refractivity contribution in [3.05, 3.63) is 52.9 Å². The molecule has 0 spiro atoms. The maximum Gasteiger partial charge on any atom is 0.290 e. The second-order valence-electron chi connectivity index (χ2n) is 5.59. The van der Waals surface area contributed by atoms with E-state index in [0.29, 0.717) is 5.76 Å². The summed E-state index contributed by atoms with van der Waals surface area (Å²) in [5.41, 5.74) is 1.01. The lowest BCUT2D eigenvalue weighted by Crippen LogP contribution is -2.30. The van der Waals surface area contributed by atoms with Crippen LogP contribution in [0.25, 0.3) is 10.2 Å². The van der Waals surface area contributed by atoms with Crippen LogP contribution in [0.1, 0.15) is 40.2 Å². The summed E-state index contributed by atoms with van der Waals surface area (Å²) in [4.78, 5) is 19.3. The van der Waals surface area contributed by atoms with Gasteiger partial charge in [0.05, 0.1) is 16.3 Å². The SMILES string of the molecule is Cc1ccc(C(=O)N2CCCC2c2nc3ccccc3s2)o1. The van der Waals surface area contributed by atoms with Gasteiger partial charge in [-0.15, -0.1) is 11.3 Å². The summed E-state index contributed by atoms with van der Waals surface area (Å²) in [5, 5.41) is 1.02. The van der Waals surface area contributed by atoms with Crippen LogP contribution in [0.15, 0.2) is 40.8 Å². The molecule has 4 rings (SSSR count). The summed E-state index contributed by atoms with van der Waals surface area (Å²) in [5.74, 6) is 1.15. The minimum absolute atomic E-state index is 0.0325. The second kappa shape index (κ2) is 5.25. The van der Waals surface area contributed by atoms with E-state index in [-0.39, 0.29) is 11.9 Å². The molecule has 0 saturated carbocycles. The van der Waals surface area contributed by atoms with Gasteiger partial charge in [-0.2, -0.15) is 0 Å². The van der Waals surface area contributed by atoms with Gasteiger partial charge in [-0.1, -0.05) is 12.1 Å². The van der Waals surface area contributed by atoms with Crippen LogP contribution < -0.4 is 0 Å². The molecule has 3 aromatic rings. The van der Waals surface area contributed by atoms with Crippen LogP contribution in [0, 0.1) is 6.92 Å². The van der Waals surface area contributed by atoms with Crippen molar-refractivity contribution in [2.75, 3.05) is 6.54 Å². The van der Waals surface area contributed by atoms with Crippen molar-refractivity contribution < 1.29 is 9.21 Å². The first-order valence-corrected chi connectivity index (χ1v) is 8.27. The number of likely N-dealkylation sites (tertiary alicyclic amines) is 1. The van der Waals surface area contributed by atoms with E-state index in [1.54, 1.807) is 17.4 Å². The van der Waals surface area contributed by atoms with Crippen LogP contribution in [0.2, 0.25) is 0 Å². The highest BCUT2D eigenvalue weighted by Gasteiger charge is 2.33. The quantitative estimate of drug-likeness (QED) is 0.713. The highest BCUT2D eigenvalue weighted by molar-refractivity contribution is 7.18. The van der Waals surface area contributed by atoms with Crippen LogP contribution in [0.3, 0.4) is 0 Å². The standard InChI is InChI=1S/C17H16N2O2S/c1-11-8-9-14(21-11)17(20)19-10-4-6-13(19)16-18-12-5-2-3-7-15(12)22-16/h2-3,5,7-9,13H,4,6,10H2,1H3. The molecule has 4 nitrogen and oxygen atoms in total. The molecule has 1 fully saturated rings. The molecular weight excluding hydrogens is 296 g/mol. The Morgan fingerprint density at radius 2 is 2.18 bits per heavy atom. The van der Waals surface area contributed by atoms with E-state index in [9.17, 15) is 4.79 Å². The fraction of sp³-hybridized carbons (Fsp3) is 0.294. The Kier molecular flexibility index (Phi) is 3.22. The molecule has 0 radical (unpaired) electrons. The van der Waals surface area contributed by atoms with Gasteiger partial charge in [0.1, 0.15) is 10.8 Å². The number of amides is 1. The van der Waals surface area contributed by atoms with E-state index in [1.165, 1.54) is 4.70 Å². The van der Waals surface area contributed by atoms with Gasteiger partial charge in [-0.05, 0) is 44.0 Å². The fourth-order valence-corrected chi connectivity index (χ4v) is 4.11. The predicted molar refractivity (Wildman–Crippen MR) is 86.1 cm³/mol. The average Bonchev–Trinajstić information content (AvgIpc) is 3.24. The summed E-state index contributed by atoms with van der Waals surface area (Å²) < 4.78 is 6.66. The molecule has 1 atom stereocenters. The number of thiazole rings is 1. The molecule has 0 aliphatic carbocycles. The van der Waals surface area contributed by atoms with Gasteiger partial charge in [0.25, 0.3) is 5.91 Å². The average molecular weight is 312 g/mol. The third-order valence-electron chi connectivity index (χ3n) is 4.06. The van der Waals surface area contributed by atoms with E-state index in [1.807, 2.05) is 36.1 Å². The van der Waals surface area contributed by atoms with Gasteiger partial charge in [0, 0.05) is 6.54 Å². The van der Waals surface area contributed by atoms with Crippen molar-refractivity contribution >= 4 is 27.5 Å². The number of carbonyl (C=O) groups excluding carboxylic acids is 1. The van der Waals surface area contributed by atoms with Gasteiger partial charge >= 0.3 is 0 Å². The van der Waals surface area contributed by atoms with Gasteiger partial charge in [0.2, 0.25) is 0 Å². The Hall–Kier alpha value is -2.14. The number of carbonyl (C=O) groups is 1. The predicted octanol–water partition coefficient (Wildman–Crippen LogP) is 4.18. The summed E-state index contributed by atoms with van der Waals surface area (Å²) in [7, 11) is 0. The number of furan rings is 1. The maximum atomic E-state index is 12.7. The lowest BCUT2D eigenvalue weighted by atomic mass is 10.2. The number of nitrogens with zero attached hydrogens (tertiary/aromatic N) is 2. The fourth-order valence-electron chi connectivity index (χ4n) is 2.99. The molecule has 0 bridgehead atoms. The summed E-state index contributed by atoms with van der Waals surface area (Å²) in [6.45, 7) is 2.62. The Balaban J connectivity index is 1.67. The van der Waals surface area contributed by atoms with Crippen molar-refractivity contribution in [2.45, 2.75) is 25.8 Å². The second-order valence-corrected chi connectivity index (χ2v) is 6.65. The van der Waals surface area contributed by atoms with Crippen molar-refractivity contribution in [3.63, 3.8) is 0 Å². The number of hydrogen-bond acceptors (Lipinski definition) is 4. The number of fused-ring (bicyclic) bond motifs is 1. The zero-order valence-electron chi connectivity index (χ0n) is 12.3. The van der Waals surface area contributed by atoms with Gasteiger partial charge < -0.3 is 9.32 Å². The van der Waals surface area contributed by atoms with E-state index >= 15 is 0 Å². The van der Waals surface area contributed by atoms with Crippen LogP contribution in [-0.4, -0.2) is 22.3 Å². The van der Waals surface area contributed by atoms with E-state index in [2.05, 4.69) is 6.07 Å². The van der Waals surface area contributed by atoms with Crippen molar-refractivity contribution in [3.8, 4) is 0 Å². The third kappa shape index (κ3) is 2.22. The summed E-state index contributed by atoms with van der Waals surface area (Å²) in [6.07, 6.45) is 1.97. The first kappa shape index (κ1) is 13.5. The maximum absolute atomic E-state index is 12.7. The van der Waals surface area contributed by atoms with Gasteiger partial charge in [-0.3, -0.25) is 4.79 Å². The largest absolute Gasteiger partial charge is 0.456 e. The van der Waals surface area contributed by atoms with E-state index in [0.717, 1.165) is 35.7 Å². The first-order valence-electron chi connectivity index (χ1n) is 7.45. The lowest BCUT2D eigenvalue weighted by Gasteiger charge is -2.21. The highest BCUT2D eigenvalue weighted by Crippen LogP contribution is 2.37. The van der Waals surface area contributed by atoms with Crippen LogP contribution in [0.4, 0.5) is 0 Å². The molecule has 1 amide bonds. The smallest absolute Gasteiger partial charge is 0.290 e. The molecule has 3 heterocycles. The number of para-hydroxylation sites is 1. The van der Waals surface area contributed by atoms with Crippen molar-refractivity contribution in [2.24, 2.45) is 0 Å². The number of aromatic nitrogens is 1. The monoisotopic (exact) mass is 312 g/mol. The molecule has 1 aromatic carbocycles. The number of benzene rings is 1. The minimum atomic E-state index is -0.0325. The molecule has 2 aromatic heterocycles. The molecule has 22 heavy (non-hydrogen) atoms. The van der Waals surface area contributed by atoms with Gasteiger partial charge in [-0.25, -0.2) is 4.98 Å². The van der Waals surface area contributed by atoms with E-state index < -0.39 is 0 Å². The molecule has 0 N–H and O–H groups in total. The Morgan fingerprint density at radius 1 is 1.32 bits per heavy atom. The Labute approximate surface area is 132 Å². The summed E-state index contributed by atoms with van der Waals surface area (Å²) >= 11 is 1.68. The molecular formula is C17H16N2O2S. The van der Waals surface area contributed by atoms with Gasteiger partial charge in [0.15, 0.2) is 5.76 Å². The number of aryl methyl sites for hydroxylation is 1. The molecule has 112 valence electrons. The topological polar surface area (TPSA) is 46.3 Å². The molecule has 1 unspecified atom stereocenters. The zero-order chi connectivity index (χ0) is 15.1. The molecule has 5 heteroatoms. The first-order chi connectivity index (χ1) is 10.7. The number of hydrogen-bond donors (Lipinski definition) is 0. The van der Waals surface area contributed by atoms with Crippen LogP contribution in [0.5, 0.6) is 0 Å². The van der Waals surface area contributed by atoms with Crippen molar-refractivity contribution in [1.29, 1.82) is 0 Å². The van der Waals surface area contributed by atoms with Crippen molar-refractivity contribution in [1.82, 2.24) is 9.88 Å². The number of rotatable bonds is 2. The third-order valence-corrected chi connectivity index (χ3v) is 5.20. The minimum Gasteiger partial charge on any atom is -0.456 e. The normalized spacial score (nSPS) is 18.2.